The van der Waals surface area contributed by atoms with Crippen LogP contribution in [0.15, 0.2) is 30.9 Å². The smallest absolute Gasteiger partial charge is 0.233 e. The van der Waals surface area contributed by atoms with Gasteiger partial charge in [-0.05, 0) is 50.4 Å². The molecule has 21 heavy (non-hydrogen) atoms. The van der Waals surface area contributed by atoms with E-state index in [1.165, 1.54) is 19.0 Å². The zero-order chi connectivity index (χ0) is 14.5. The van der Waals surface area contributed by atoms with Gasteiger partial charge >= 0.3 is 0 Å². The Labute approximate surface area is 123 Å². The monoisotopic (exact) mass is 285 g/mol. The Bertz CT molecular complexity index is 589. The number of aryl methyl sites for hydroxylation is 1. The quantitative estimate of drug-likeness (QED) is 0.838. The number of piperidine rings is 1. The van der Waals surface area contributed by atoms with Crippen LogP contribution >= 0.6 is 0 Å². The summed E-state index contributed by atoms with van der Waals surface area (Å²) in [5.41, 5.74) is 0.522. The summed E-state index contributed by atoms with van der Waals surface area (Å²) < 4.78 is 1.77. The summed E-state index contributed by atoms with van der Waals surface area (Å²) >= 11 is 0. The minimum Gasteiger partial charge on any atom is -0.317 e. The largest absolute Gasteiger partial charge is 0.317 e. The van der Waals surface area contributed by atoms with E-state index in [0.717, 1.165) is 32.0 Å². The number of nitrogens with one attached hydrogen (secondary N) is 1. The molecular weight excluding hydrogens is 266 g/mol. The highest BCUT2D eigenvalue weighted by molar-refractivity contribution is 6.06. The summed E-state index contributed by atoms with van der Waals surface area (Å²) in [4.78, 5) is 20.2. The molecule has 0 saturated carbocycles. The van der Waals surface area contributed by atoms with E-state index in [0.29, 0.717) is 5.56 Å². The van der Waals surface area contributed by atoms with Crippen LogP contribution in [0.5, 0.6) is 0 Å². The molecule has 2 aromatic rings. The third kappa shape index (κ3) is 3.52. The Kier molecular flexibility index (Phi) is 4.35. The molecule has 0 unspecified atom stereocenters. The van der Waals surface area contributed by atoms with Gasteiger partial charge < -0.3 is 5.32 Å². The molecule has 0 aliphatic carbocycles. The molecule has 0 spiro atoms. The van der Waals surface area contributed by atoms with Crippen molar-refractivity contribution in [3.8, 4) is 0 Å². The van der Waals surface area contributed by atoms with Gasteiger partial charge in [-0.1, -0.05) is 0 Å². The second-order valence-corrected chi connectivity index (χ2v) is 5.38. The van der Waals surface area contributed by atoms with Crippen molar-refractivity contribution in [1.82, 2.24) is 25.1 Å². The van der Waals surface area contributed by atoms with Crippen LogP contribution in [0.25, 0.3) is 0 Å². The van der Waals surface area contributed by atoms with Crippen LogP contribution in [0.2, 0.25) is 0 Å². The van der Waals surface area contributed by atoms with Gasteiger partial charge in [0.25, 0.3) is 0 Å². The van der Waals surface area contributed by atoms with Crippen molar-refractivity contribution in [1.29, 1.82) is 0 Å². The van der Waals surface area contributed by atoms with Gasteiger partial charge in [0.2, 0.25) is 11.6 Å². The molecule has 0 amide bonds. The first-order valence-electron chi connectivity index (χ1n) is 7.38. The predicted molar refractivity (Wildman–Crippen MR) is 77.9 cm³/mol. The van der Waals surface area contributed by atoms with Crippen LogP contribution in [0, 0.1) is 5.92 Å². The molecule has 1 aliphatic rings. The topological polar surface area (TPSA) is 72.7 Å². The first-order valence-corrected chi connectivity index (χ1v) is 7.38. The van der Waals surface area contributed by atoms with Gasteiger partial charge in [-0.15, -0.1) is 5.10 Å². The fourth-order valence-corrected chi connectivity index (χ4v) is 2.62. The molecule has 2 aromatic heterocycles. The molecule has 6 heteroatoms. The first-order chi connectivity index (χ1) is 10.3. The van der Waals surface area contributed by atoms with Crippen LogP contribution in [0.1, 0.15) is 35.4 Å². The van der Waals surface area contributed by atoms with Crippen molar-refractivity contribution in [2.75, 3.05) is 13.1 Å². The third-order valence-corrected chi connectivity index (χ3v) is 3.89. The Morgan fingerprint density at radius 1 is 1.38 bits per heavy atom. The van der Waals surface area contributed by atoms with Crippen molar-refractivity contribution >= 4 is 5.78 Å². The van der Waals surface area contributed by atoms with E-state index in [-0.39, 0.29) is 11.6 Å². The van der Waals surface area contributed by atoms with Gasteiger partial charge in [0.1, 0.15) is 6.33 Å². The fourth-order valence-electron chi connectivity index (χ4n) is 2.62. The highest BCUT2D eigenvalue weighted by Crippen LogP contribution is 2.16. The Balaban J connectivity index is 1.59. The summed E-state index contributed by atoms with van der Waals surface area (Å²) in [6.45, 7) is 3.03. The number of hydrogen-bond donors (Lipinski definition) is 1. The average molecular weight is 285 g/mol. The number of ketones is 1. The molecule has 3 heterocycles. The lowest BCUT2D eigenvalue weighted by Gasteiger charge is -2.22. The zero-order valence-electron chi connectivity index (χ0n) is 11.9. The summed E-state index contributed by atoms with van der Waals surface area (Å²) in [5.74, 6) is 0.810. The predicted octanol–water partition coefficient (Wildman–Crippen LogP) is 1.29. The van der Waals surface area contributed by atoms with Gasteiger partial charge in [0.15, 0.2) is 0 Å². The molecule has 1 saturated heterocycles. The van der Waals surface area contributed by atoms with Crippen LogP contribution in [-0.2, 0) is 6.54 Å². The van der Waals surface area contributed by atoms with Crippen molar-refractivity contribution < 1.29 is 4.79 Å². The maximum Gasteiger partial charge on any atom is 0.233 e. The van der Waals surface area contributed by atoms with E-state index in [1.54, 1.807) is 29.3 Å². The van der Waals surface area contributed by atoms with E-state index in [1.807, 2.05) is 0 Å². The summed E-state index contributed by atoms with van der Waals surface area (Å²) in [5, 5.41) is 7.65. The van der Waals surface area contributed by atoms with Gasteiger partial charge in [0, 0.05) is 24.5 Å². The summed E-state index contributed by atoms with van der Waals surface area (Å²) in [7, 11) is 0. The van der Waals surface area contributed by atoms with E-state index in [9.17, 15) is 4.79 Å². The maximum atomic E-state index is 12.2. The highest BCUT2D eigenvalue weighted by atomic mass is 16.1. The lowest BCUT2D eigenvalue weighted by molar-refractivity contribution is 0.102. The number of aromatic nitrogens is 4. The lowest BCUT2D eigenvalue weighted by Crippen LogP contribution is -2.28. The second-order valence-electron chi connectivity index (χ2n) is 5.38. The van der Waals surface area contributed by atoms with E-state index < -0.39 is 0 Å². The molecule has 1 aliphatic heterocycles. The molecule has 110 valence electrons. The standard InChI is InChI=1S/C15H19N5O/c21-14(13-2-1-6-17-10-13)15-18-11-20(19-15)9-5-12-3-7-16-8-4-12/h1-2,6,10-12,16H,3-5,7-9H2. The number of rotatable bonds is 5. The number of carbonyl (C=O) groups is 1. The molecule has 0 atom stereocenters. The fraction of sp³-hybridized carbons (Fsp3) is 0.467. The lowest BCUT2D eigenvalue weighted by atomic mass is 9.95. The third-order valence-electron chi connectivity index (χ3n) is 3.89. The molecule has 6 nitrogen and oxygen atoms in total. The number of carbonyl (C=O) groups excluding carboxylic acids is 1. The van der Waals surface area contributed by atoms with Gasteiger partial charge in [-0.25, -0.2) is 4.98 Å². The minimum atomic E-state index is -0.177. The van der Waals surface area contributed by atoms with E-state index in [2.05, 4.69) is 20.4 Å². The Morgan fingerprint density at radius 3 is 3.00 bits per heavy atom. The van der Waals surface area contributed by atoms with Crippen LogP contribution in [0.4, 0.5) is 0 Å². The molecule has 1 fully saturated rings. The highest BCUT2D eigenvalue weighted by Gasteiger charge is 2.16. The van der Waals surface area contributed by atoms with Gasteiger partial charge in [0.05, 0.1) is 0 Å². The molecule has 1 N–H and O–H groups in total. The van der Waals surface area contributed by atoms with Gasteiger partial charge in [-0.3, -0.25) is 14.5 Å². The van der Waals surface area contributed by atoms with Crippen LogP contribution < -0.4 is 5.32 Å². The first kappa shape index (κ1) is 13.9. The van der Waals surface area contributed by atoms with E-state index in [4.69, 9.17) is 0 Å². The normalized spacial score (nSPS) is 16.0. The Morgan fingerprint density at radius 2 is 2.24 bits per heavy atom. The van der Waals surface area contributed by atoms with Crippen molar-refractivity contribution in [3.63, 3.8) is 0 Å². The molecule has 3 rings (SSSR count). The zero-order valence-corrected chi connectivity index (χ0v) is 11.9. The van der Waals surface area contributed by atoms with Crippen molar-refractivity contribution in [2.45, 2.75) is 25.8 Å². The number of pyridine rings is 1. The van der Waals surface area contributed by atoms with Crippen molar-refractivity contribution in [2.24, 2.45) is 5.92 Å². The molecule has 0 bridgehead atoms. The number of nitrogens with zero attached hydrogens (tertiary/aromatic N) is 4. The Hall–Kier alpha value is -2.08. The molecule has 0 radical (unpaired) electrons. The second kappa shape index (κ2) is 6.58. The maximum absolute atomic E-state index is 12.2. The summed E-state index contributed by atoms with van der Waals surface area (Å²) in [6, 6.07) is 3.46. The number of hydrogen-bond acceptors (Lipinski definition) is 5. The minimum absolute atomic E-state index is 0.177. The SMILES string of the molecule is O=C(c1cccnc1)c1ncn(CCC2CCNCC2)n1. The molecular formula is C15H19N5O. The summed E-state index contributed by atoms with van der Waals surface area (Å²) in [6.07, 6.45) is 8.35. The van der Waals surface area contributed by atoms with Crippen LogP contribution in [-0.4, -0.2) is 38.6 Å². The van der Waals surface area contributed by atoms with Crippen molar-refractivity contribution in [3.05, 3.63) is 42.2 Å². The van der Waals surface area contributed by atoms with Gasteiger partial charge in [-0.2, -0.15) is 0 Å². The van der Waals surface area contributed by atoms with Crippen LogP contribution in [0.3, 0.4) is 0 Å². The molecule has 0 aromatic carbocycles. The average Bonchev–Trinajstić information content (AvgIpc) is 3.03. The van der Waals surface area contributed by atoms with E-state index >= 15 is 0 Å².